The maximum absolute atomic E-state index is 11.7. The van der Waals surface area contributed by atoms with Gasteiger partial charge in [-0.1, -0.05) is 30.3 Å². The molecule has 4 nitrogen and oxygen atoms in total. The van der Waals surface area contributed by atoms with Crippen LogP contribution in [0.15, 0.2) is 36.4 Å². The summed E-state index contributed by atoms with van der Waals surface area (Å²) in [6.45, 7) is 4.61. The van der Waals surface area contributed by atoms with E-state index in [-0.39, 0.29) is 11.9 Å². The third-order valence-corrected chi connectivity index (χ3v) is 4.50. The van der Waals surface area contributed by atoms with E-state index in [9.17, 15) is 4.79 Å². The smallest absolute Gasteiger partial charge is 0.222 e. The number of likely N-dealkylation sites (tertiary alicyclic amines) is 1. The van der Waals surface area contributed by atoms with Crippen molar-refractivity contribution in [3.05, 3.63) is 42.0 Å². The molecule has 0 unspecified atom stereocenters. The summed E-state index contributed by atoms with van der Waals surface area (Å²) in [5.74, 6) is 1.19. The van der Waals surface area contributed by atoms with Crippen molar-refractivity contribution < 1.29 is 9.53 Å². The van der Waals surface area contributed by atoms with Crippen LogP contribution in [-0.4, -0.2) is 37.0 Å². The fraction of sp³-hybridized carbons (Fsp3) is 0.421. The fourth-order valence-electron chi connectivity index (χ4n) is 3.24. The van der Waals surface area contributed by atoms with Gasteiger partial charge in [-0.15, -0.1) is 0 Å². The summed E-state index contributed by atoms with van der Waals surface area (Å²) < 4.78 is 5.44. The van der Waals surface area contributed by atoms with Gasteiger partial charge in [-0.25, -0.2) is 0 Å². The second-order valence-electron chi connectivity index (χ2n) is 6.20. The van der Waals surface area contributed by atoms with E-state index >= 15 is 0 Å². The van der Waals surface area contributed by atoms with Crippen LogP contribution in [0.25, 0.3) is 10.8 Å². The Bertz CT molecular complexity index is 699. The summed E-state index contributed by atoms with van der Waals surface area (Å²) in [4.78, 5) is 13.7. The van der Waals surface area contributed by atoms with E-state index in [4.69, 9.17) is 4.74 Å². The van der Waals surface area contributed by atoms with Crippen LogP contribution in [0.5, 0.6) is 5.75 Å². The number of amides is 1. The van der Waals surface area contributed by atoms with Crippen molar-refractivity contribution in [1.29, 1.82) is 0 Å². The fourth-order valence-corrected chi connectivity index (χ4v) is 3.24. The second kappa shape index (κ2) is 7.01. The molecule has 0 saturated carbocycles. The molecule has 23 heavy (non-hydrogen) atoms. The third kappa shape index (κ3) is 3.48. The Hall–Kier alpha value is -2.07. The number of nitrogens with zero attached hydrogens (tertiary/aromatic N) is 1. The first-order chi connectivity index (χ1) is 11.2. The van der Waals surface area contributed by atoms with Crippen LogP contribution in [0.4, 0.5) is 0 Å². The maximum atomic E-state index is 11.7. The molecule has 1 amide bonds. The molecule has 1 N–H and O–H groups in total. The molecule has 2 aromatic rings. The standard InChI is InChI=1S/C19H24N2O2/c1-14(13-21-11-5-8-19(21)22)20-12-15-9-10-18(23-2)17-7-4-3-6-16(15)17/h3-4,6-7,9-10,14,20H,5,8,11-13H2,1-2H3/t14-/m1/s1. The van der Waals surface area contributed by atoms with E-state index in [0.717, 1.165) is 37.2 Å². The lowest BCUT2D eigenvalue weighted by Gasteiger charge is -2.22. The topological polar surface area (TPSA) is 41.6 Å². The average molecular weight is 312 g/mol. The lowest BCUT2D eigenvalue weighted by Crippen LogP contribution is -2.39. The first-order valence-electron chi connectivity index (χ1n) is 8.25. The van der Waals surface area contributed by atoms with Gasteiger partial charge in [0, 0.05) is 37.5 Å². The second-order valence-corrected chi connectivity index (χ2v) is 6.20. The van der Waals surface area contributed by atoms with Gasteiger partial charge in [0.05, 0.1) is 7.11 Å². The molecule has 1 fully saturated rings. The summed E-state index contributed by atoms with van der Waals surface area (Å²) in [6, 6.07) is 12.7. The normalized spacial score (nSPS) is 16.1. The molecule has 3 rings (SSSR count). The monoisotopic (exact) mass is 312 g/mol. The summed E-state index contributed by atoms with van der Waals surface area (Å²) in [6.07, 6.45) is 1.70. The molecule has 2 aromatic carbocycles. The highest BCUT2D eigenvalue weighted by molar-refractivity contribution is 5.91. The number of rotatable bonds is 6. The molecule has 0 radical (unpaired) electrons. The first-order valence-corrected chi connectivity index (χ1v) is 8.25. The number of benzene rings is 2. The molecule has 0 aliphatic carbocycles. The first kappa shape index (κ1) is 15.8. The van der Waals surface area contributed by atoms with Crippen molar-refractivity contribution in [1.82, 2.24) is 10.2 Å². The largest absolute Gasteiger partial charge is 0.496 e. The molecule has 1 aliphatic heterocycles. The Morgan fingerprint density at radius 2 is 2.00 bits per heavy atom. The van der Waals surface area contributed by atoms with Gasteiger partial charge < -0.3 is 15.0 Å². The Kier molecular flexibility index (Phi) is 4.82. The van der Waals surface area contributed by atoms with Crippen molar-refractivity contribution in [3.63, 3.8) is 0 Å². The number of hydrogen-bond donors (Lipinski definition) is 1. The SMILES string of the molecule is COc1ccc(CN[C@H](C)CN2CCCC2=O)c2ccccc12. The molecule has 0 aromatic heterocycles. The summed E-state index contributed by atoms with van der Waals surface area (Å²) in [5.41, 5.74) is 1.25. The van der Waals surface area contributed by atoms with Crippen molar-refractivity contribution in [2.45, 2.75) is 32.4 Å². The Balaban J connectivity index is 1.68. The van der Waals surface area contributed by atoms with E-state index in [0.29, 0.717) is 6.42 Å². The molecule has 0 bridgehead atoms. The van der Waals surface area contributed by atoms with Gasteiger partial charge in [0.2, 0.25) is 5.91 Å². The molecule has 4 heteroatoms. The number of methoxy groups -OCH3 is 1. The Morgan fingerprint density at radius 3 is 2.70 bits per heavy atom. The van der Waals surface area contributed by atoms with E-state index in [1.54, 1.807) is 7.11 Å². The van der Waals surface area contributed by atoms with Gasteiger partial charge in [-0.05, 0) is 30.4 Å². The van der Waals surface area contributed by atoms with Gasteiger partial charge in [0.1, 0.15) is 5.75 Å². The highest BCUT2D eigenvalue weighted by Crippen LogP contribution is 2.28. The number of carbonyl (C=O) groups excluding carboxylic acids is 1. The van der Waals surface area contributed by atoms with Crippen LogP contribution in [0, 0.1) is 0 Å². The summed E-state index contributed by atoms with van der Waals surface area (Å²) >= 11 is 0. The zero-order chi connectivity index (χ0) is 16.2. The van der Waals surface area contributed by atoms with Crippen molar-refractivity contribution in [3.8, 4) is 5.75 Å². The molecule has 0 spiro atoms. The van der Waals surface area contributed by atoms with Crippen LogP contribution >= 0.6 is 0 Å². The van der Waals surface area contributed by atoms with Gasteiger partial charge in [0.15, 0.2) is 0 Å². The minimum Gasteiger partial charge on any atom is -0.496 e. The highest BCUT2D eigenvalue weighted by atomic mass is 16.5. The number of fused-ring (bicyclic) bond motifs is 1. The van der Waals surface area contributed by atoms with Crippen LogP contribution in [0.1, 0.15) is 25.3 Å². The number of hydrogen-bond acceptors (Lipinski definition) is 3. The van der Waals surface area contributed by atoms with Crippen LogP contribution in [-0.2, 0) is 11.3 Å². The van der Waals surface area contributed by atoms with Crippen LogP contribution < -0.4 is 10.1 Å². The van der Waals surface area contributed by atoms with E-state index in [1.165, 1.54) is 10.9 Å². The lowest BCUT2D eigenvalue weighted by molar-refractivity contribution is -0.127. The van der Waals surface area contributed by atoms with Gasteiger partial charge in [-0.3, -0.25) is 4.79 Å². The molecule has 1 saturated heterocycles. The number of carbonyl (C=O) groups is 1. The Labute approximate surface area is 137 Å². The molecular formula is C19H24N2O2. The number of ether oxygens (including phenoxy) is 1. The molecule has 1 atom stereocenters. The zero-order valence-electron chi connectivity index (χ0n) is 13.8. The molecule has 1 aliphatic rings. The van der Waals surface area contributed by atoms with E-state index in [2.05, 4.69) is 36.5 Å². The minimum atomic E-state index is 0.276. The predicted octanol–water partition coefficient (Wildman–Crippen LogP) is 2.95. The number of nitrogens with one attached hydrogen (secondary N) is 1. The quantitative estimate of drug-likeness (QED) is 0.891. The van der Waals surface area contributed by atoms with Crippen LogP contribution in [0.2, 0.25) is 0 Å². The van der Waals surface area contributed by atoms with Crippen molar-refractivity contribution in [2.75, 3.05) is 20.2 Å². The molecule has 122 valence electrons. The maximum Gasteiger partial charge on any atom is 0.222 e. The molecular weight excluding hydrogens is 288 g/mol. The van der Waals surface area contributed by atoms with Crippen LogP contribution in [0.3, 0.4) is 0 Å². The average Bonchev–Trinajstić information content (AvgIpc) is 2.97. The minimum absolute atomic E-state index is 0.276. The van der Waals surface area contributed by atoms with Crippen molar-refractivity contribution >= 4 is 16.7 Å². The van der Waals surface area contributed by atoms with Crippen molar-refractivity contribution in [2.24, 2.45) is 0 Å². The Morgan fingerprint density at radius 1 is 1.22 bits per heavy atom. The summed E-state index contributed by atoms with van der Waals surface area (Å²) in [5, 5.41) is 5.89. The van der Waals surface area contributed by atoms with Gasteiger partial charge >= 0.3 is 0 Å². The van der Waals surface area contributed by atoms with Gasteiger partial charge in [-0.2, -0.15) is 0 Å². The highest BCUT2D eigenvalue weighted by Gasteiger charge is 2.21. The van der Waals surface area contributed by atoms with E-state index in [1.807, 2.05) is 17.0 Å². The van der Waals surface area contributed by atoms with E-state index < -0.39 is 0 Å². The summed E-state index contributed by atoms with van der Waals surface area (Å²) in [7, 11) is 1.70. The third-order valence-electron chi connectivity index (χ3n) is 4.50. The lowest BCUT2D eigenvalue weighted by atomic mass is 10.0. The molecule has 1 heterocycles. The zero-order valence-corrected chi connectivity index (χ0v) is 13.8. The predicted molar refractivity (Wildman–Crippen MR) is 92.6 cm³/mol. The van der Waals surface area contributed by atoms with Gasteiger partial charge in [0.25, 0.3) is 0 Å².